The highest BCUT2D eigenvalue weighted by atomic mass is 35.5. The molecule has 0 aromatic carbocycles. The van der Waals surface area contributed by atoms with Crippen molar-refractivity contribution >= 4 is 29.1 Å². The largest absolute Gasteiger partial charge is 0.377 e. The van der Waals surface area contributed by atoms with E-state index in [2.05, 4.69) is 0 Å². The van der Waals surface area contributed by atoms with Gasteiger partial charge >= 0.3 is 0 Å². The number of ketones is 1. The van der Waals surface area contributed by atoms with Gasteiger partial charge in [0.2, 0.25) is 0 Å². The van der Waals surface area contributed by atoms with E-state index in [0.29, 0.717) is 16.3 Å². The summed E-state index contributed by atoms with van der Waals surface area (Å²) in [6, 6.07) is 0. The van der Waals surface area contributed by atoms with Crippen LogP contribution in [0.3, 0.4) is 0 Å². The SMILES string of the molecule is CCOC1CCC(Cl)C2C(=O)C3CCCCC3SC12. The second kappa shape index (κ2) is 5.95. The van der Waals surface area contributed by atoms with E-state index in [0.717, 1.165) is 25.9 Å². The normalized spacial score (nSPS) is 46.5. The molecule has 0 spiro atoms. The lowest BCUT2D eigenvalue weighted by Crippen LogP contribution is -2.54. The molecule has 1 aliphatic heterocycles. The fourth-order valence-electron chi connectivity index (χ4n) is 4.04. The third-order valence-corrected chi connectivity index (χ3v) is 7.26. The van der Waals surface area contributed by atoms with Crippen LogP contribution < -0.4 is 0 Å². The number of Topliss-reactive ketones (excluding diaryl/α,β-unsaturated/α-hetero) is 1. The molecule has 0 N–H and O–H groups in total. The zero-order valence-electron chi connectivity index (χ0n) is 11.5. The summed E-state index contributed by atoms with van der Waals surface area (Å²) >= 11 is 8.52. The quantitative estimate of drug-likeness (QED) is 0.728. The van der Waals surface area contributed by atoms with Crippen molar-refractivity contribution in [3.05, 3.63) is 0 Å². The number of ether oxygens (including phenoxy) is 1. The Morgan fingerprint density at radius 3 is 2.84 bits per heavy atom. The molecule has 1 saturated heterocycles. The lowest BCUT2D eigenvalue weighted by atomic mass is 9.74. The average Bonchev–Trinajstić information content (AvgIpc) is 2.42. The molecule has 2 nitrogen and oxygen atoms in total. The summed E-state index contributed by atoms with van der Waals surface area (Å²) in [5, 5.41) is 0.875. The van der Waals surface area contributed by atoms with Gasteiger partial charge in [0.05, 0.1) is 6.10 Å². The minimum Gasteiger partial charge on any atom is -0.377 e. The van der Waals surface area contributed by atoms with Gasteiger partial charge in [-0.15, -0.1) is 11.6 Å². The Morgan fingerprint density at radius 2 is 2.05 bits per heavy atom. The highest BCUT2D eigenvalue weighted by Gasteiger charge is 2.52. The van der Waals surface area contributed by atoms with Crippen molar-refractivity contribution in [3.8, 4) is 0 Å². The third kappa shape index (κ3) is 2.58. The highest BCUT2D eigenvalue weighted by Crippen LogP contribution is 2.50. The molecule has 3 rings (SSSR count). The van der Waals surface area contributed by atoms with Crippen LogP contribution in [0.25, 0.3) is 0 Å². The van der Waals surface area contributed by atoms with Crippen LogP contribution in [0.5, 0.6) is 0 Å². The van der Waals surface area contributed by atoms with E-state index in [1.165, 1.54) is 19.3 Å². The van der Waals surface area contributed by atoms with Crippen molar-refractivity contribution in [2.24, 2.45) is 11.8 Å². The van der Waals surface area contributed by atoms with Gasteiger partial charge in [-0.2, -0.15) is 11.8 Å². The fourth-order valence-corrected chi connectivity index (χ4v) is 6.59. The van der Waals surface area contributed by atoms with Crippen LogP contribution in [0.4, 0.5) is 0 Å². The Balaban J connectivity index is 1.82. The van der Waals surface area contributed by atoms with E-state index in [-0.39, 0.29) is 23.3 Å². The topological polar surface area (TPSA) is 26.3 Å². The molecule has 0 aromatic rings. The van der Waals surface area contributed by atoms with Crippen molar-refractivity contribution in [2.75, 3.05) is 6.61 Å². The minimum atomic E-state index is 0.0320. The van der Waals surface area contributed by atoms with E-state index in [1.807, 2.05) is 18.7 Å². The van der Waals surface area contributed by atoms with Gasteiger partial charge in [-0.1, -0.05) is 12.8 Å². The van der Waals surface area contributed by atoms with Crippen LogP contribution in [0.2, 0.25) is 0 Å². The van der Waals surface area contributed by atoms with Gasteiger partial charge in [-0.05, 0) is 32.6 Å². The molecule has 0 aromatic heterocycles. The Labute approximate surface area is 125 Å². The summed E-state index contributed by atoms with van der Waals surface area (Å²) in [7, 11) is 0. The number of fused-ring (bicyclic) bond motifs is 2. The smallest absolute Gasteiger partial charge is 0.142 e. The number of carbonyl (C=O) groups is 1. The van der Waals surface area contributed by atoms with E-state index in [4.69, 9.17) is 16.3 Å². The van der Waals surface area contributed by atoms with Gasteiger partial charge in [-0.3, -0.25) is 4.79 Å². The minimum absolute atomic E-state index is 0.0320. The molecule has 3 fully saturated rings. The molecule has 0 amide bonds. The molecule has 6 unspecified atom stereocenters. The molecular formula is C15H23ClO2S. The van der Waals surface area contributed by atoms with Crippen molar-refractivity contribution in [3.63, 3.8) is 0 Å². The van der Waals surface area contributed by atoms with Gasteiger partial charge < -0.3 is 4.74 Å². The van der Waals surface area contributed by atoms with Gasteiger partial charge in [0.15, 0.2) is 0 Å². The first-order chi connectivity index (χ1) is 9.22. The molecule has 3 aliphatic rings. The maximum atomic E-state index is 12.8. The number of thioether (sulfide) groups is 1. The van der Waals surface area contributed by atoms with Crippen LogP contribution in [-0.4, -0.2) is 34.4 Å². The van der Waals surface area contributed by atoms with Gasteiger partial charge in [-0.25, -0.2) is 0 Å². The van der Waals surface area contributed by atoms with Crippen LogP contribution in [0.1, 0.15) is 45.4 Å². The van der Waals surface area contributed by atoms with E-state index >= 15 is 0 Å². The molecular weight excluding hydrogens is 280 g/mol. The molecule has 4 heteroatoms. The number of rotatable bonds is 2. The molecule has 2 aliphatic carbocycles. The van der Waals surface area contributed by atoms with E-state index in [9.17, 15) is 4.79 Å². The predicted molar refractivity (Wildman–Crippen MR) is 79.9 cm³/mol. The van der Waals surface area contributed by atoms with Crippen LogP contribution in [-0.2, 0) is 9.53 Å². The maximum Gasteiger partial charge on any atom is 0.142 e. The number of halogens is 1. The van der Waals surface area contributed by atoms with E-state index in [1.54, 1.807) is 0 Å². The zero-order valence-corrected chi connectivity index (χ0v) is 13.1. The van der Waals surface area contributed by atoms with Crippen molar-refractivity contribution in [1.29, 1.82) is 0 Å². The summed E-state index contributed by atoms with van der Waals surface area (Å²) in [4.78, 5) is 12.8. The number of carbonyl (C=O) groups excluding carboxylic acids is 1. The zero-order chi connectivity index (χ0) is 13.4. The lowest BCUT2D eigenvalue weighted by molar-refractivity contribution is -0.130. The summed E-state index contributed by atoms with van der Waals surface area (Å²) in [6.07, 6.45) is 6.97. The van der Waals surface area contributed by atoms with Crippen molar-refractivity contribution < 1.29 is 9.53 Å². The van der Waals surface area contributed by atoms with Gasteiger partial charge in [0, 0.05) is 34.3 Å². The molecule has 0 radical (unpaired) electrons. The van der Waals surface area contributed by atoms with E-state index < -0.39 is 0 Å². The summed E-state index contributed by atoms with van der Waals surface area (Å²) in [6.45, 7) is 2.78. The second-order valence-electron chi connectivity index (χ2n) is 6.05. The molecule has 2 saturated carbocycles. The lowest BCUT2D eigenvalue weighted by Gasteiger charge is -2.48. The number of alkyl halides is 1. The Bertz CT molecular complexity index is 349. The summed E-state index contributed by atoms with van der Waals surface area (Å²) in [5.74, 6) is 0.774. The summed E-state index contributed by atoms with van der Waals surface area (Å²) < 4.78 is 5.90. The Morgan fingerprint density at radius 1 is 1.26 bits per heavy atom. The Hall–Kier alpha value is 0.270. The molecule has 0 bridgehead atoms. The van der Waals surface area contributed by atoms with Gasteiger partial charge in [0.1, 0.15) is 5.78 Å². The second-order valence-corrected chi connectivity index (χ2v) is 8.03. The molecule has 1 heterocycles. The average molecular weight is 303 g/mol. The number of hydrogen-bond acceptors (Lipinski definition) is 3. The predicted octanol–water partition coefficient (Wildman–Crippen LogP) is 3.65. The first kappa shape index (κ1) is 14.2. The first-order valence-electron chi connectivity index (χ1n) is 7.67. The molecule has 6 atom stereocenters. The summed E-state index contributed by atoms with van der Waals surface area (Å²) in [5.41, 5.74) is 0. The van der Waals surface area contributed by atoms with Crippen LogP contribution in [0.15, 0.2) is 0 Å². The first-order valence-corrected chi connectivity index (χ1v) is 9.05. The molecule has 19 heavy (non-hydrogen) atoms. The Kier molecular flexibility index (Phi) is 4.45. The third-order valence-electron chi connectivity index (χ3n) is 4.95. The fraction of sp³-hybridized carbons (Fsp3) is 0.933. The monoisotopic (exact) mass is 302 g/mol. The molecule has 108 valence electrons. The van der Waals surface area contributed by atoms with Crippen LogP contribution >= 0.6 is 23.4 Å². The number of hydrogen-bond donors (Lipinski definition) is 0. The highest BCUT2D eigenvalue weighted by molar-refractivity contribution is 8.00. The maximum absolute atomic E-state index is 12.8. The van der Waals surface area contributed by atoms with Crippen LogP contribution in [0, 0.1) is 11.8 Å². The standard InChI is InChI=1S/C15H23ClO2S/c1-2-18-11-8-7-10(16)13-14(17)9-5-3-4-6-12(9)19-15(11)13/h9-13,15H,2-8H2,1H3. The van der Waals surface area contributed by atoms with Crippen molar-refractivity contribution in [2.45, 2.75) is 67.4 Å². The van der Waals surface area contributed by atoms with Crippen molar-refractivity contribution in [1.82, 2.24) is 0 Å². The van der Waals surface area contributed by atoms with Gasteiger partial charge in [0.25, 0.3) is 0 Å².